The van der Waals surface area contributed by atoms with Crippen molar-refractivity contribution in [2.24, 2.45) is 0 Å². The third-order valence-corrected chi connectivity index (χ3v) is 3.75. The Morgan fingerprint density at radius 1 is 1.38 bits per heavy atom. The lowest BCUT2D eigenvalue weighted by Crippen LogP contribution is -2.24. The Kier molecular flexibility index (Phi) is 5.78. The maximum Gasteiger partial charge on any atom is 0.0273 e. The molecule has 0 aliphatic carbocycles. The lowest BCUT2D eigenvalue weighted by molar-refractivity contribution is 0.617. The average molecular weight is 237 g/mol. The molecule has 1 aromatic heterocycles. The van der Waals surface area contributed by atoms with E-state index in [1.165, 1.54) is 15.3 Å². The molecule has 0 atom stereocenters. The Morgan fingerprint density at radius 3 is 2.62 bits per heavy atom. The number of hydrogen-bond acceptors (Lipinski definition) is 2. The first-order valence-corrected chi connectivity index (χ1v) is 6.98. The molecule has 0 aliphatic heterocycles. The average Bonchev–Trinajstić information content (AvgIpc) is 2.71. The molecule has 16 heavy (non-hydrogen) atoms. The van der Waals surface area contributed by atoms with E-state index in [9.17, 15) is 0 Å². The minimum atomic E-state index is 0.560. The summed E-state index contributed by atoms with van der Waals surface area (Å²) in [5, 5.41) is 3.47. The Balaban J connectivity index is 2.63. The van der Waals surface area contributed by atoms with Gasteiger partial charge >= 0.3 is 0 Å². The van der Waals surface area contributed by atoms with Gasteiger partial charge in [-0.25, -0.2) is 0 Å². The second-order valence-corrected chi connectivity index (χ2v) is 5.55. The molecule has 0 aliphatic rings. The summed E-state index contributed by atoms with van der Waals surface area (Å²) in [5.74, 6) is 0. The van der Waals surface area contributed by atoms with E-state index in [4.69, 9.17) is 0 Å². The van der Waals surface area contributed by atoms with Crippen LogP contribution in [-0.4, -0.2) is 12.6 Å². The fourth-order valence-electron chi connectivity index (χ4n) is 1.48. The van der Waals surface area contributed by atoms with Crippen LogP contribution in [-0.2, 0) is 6.42 Å². The molecule has 0 radical (unpaired) electrons. The number of aryl methyl sites for hydroxylation is 1. The van der Waals surface area contributed by atoms with Crippen LogP contribution in [0.25, 0.3) is 6.08 Å². The topological polar surface area (TPSA) is 12.0 Å². The molecule has 1 heterocycles. The highest BCUT2D eigenvalue weighted by atomic mass is 32.1. The van der Waals surface area contributed by atoms with Crippen LogP contribution < -0.4 is 5.32 Å². The SMILES string of the molecule is CCC(=Cc1ccc(CC)s1)CNC(C)C. The predicted molar refractivity (Wildman–Crippen MR) is 75.1 cm³/mol. The molecular weight excluding hydrogens is 214 g/mol. The highest BCUT2D eigenvalue weighted by Gasteiger charge is 2.00. The summed E-state index contributed by atoms with van der Waals surface area (Å²) < 4.78 is 0. The van der Waals surface area contributed by atoms with Crippen molar-refractivity contribution in [2.75, 3.05) is 6.54 Å². The smallest absolute Gasteiger partial charge is 0.0273 e. The Labute approximate surface area is 104 Å². The van der Waals surface area contributed by atoms with Crippen molar-refractivity contribution in [3.63, 3.8) is 0 Å². The van der Waals surface area contributed by atoms with Crippen molar-refractivity contribution >= 4 is 17.4 Å². The zero-order chi connectivity index (χ0) is 12.0. The van der Waals surface area contributed by atoms with Crippen LogP contribution in [0.5, 0.6) is 0 Å². The molecule has 0 unspecified atom stereocenters. The van der Waals surface area contributed by atoms with Crippen LogP contribution in [0.4, 0.5) is 0 Å². The van der Waals surface area contributed by atoms with Gasteiger partial charge in [0.2, 0.25) is 0 Å². The number of thiophene rings is 1. The molecule has 0 bridgehead atoms. The summed E-state index contributed by atoms with van der Waals surface area (Å²) in [6.07, 6.45) is 4.60. The lowest BCUT2D eigenvalue weighted by Gasteiger charge is -2.09. The van der Waals surface area contributed by atoms with Gasteiger partial charge in [-0.05, 0) is 31.1 Å². The minimum Gasteiger partial charge on any atom is -0.311 e. The van der Waals surface area contributed by atoms with Crippen molar-refractivity contribution in [1.82, 2.24) is 5.32 Å². The normalized spacial score (nSPS) is 12.4. The first-order valence-electron chi connectivity index (χ1n) is 6.17. The van der Waals surface area contributed by atoms with Gasteiger partial charge in [-0.1, -0.05) is 33.3 Å². The molecule has 0 aromatic carbocycles. The molecule has 1 rings (SSSR count). The standard InChI is InChI=1S/C14H23NS/c1-5-12(10-15-11(3)4)9-14-8-7-13(6-2)16-14/h7-9,11,15H,5-6,10H2,1-4H3. The molecule has 1 nitrogen and oxygen atoms in total. The van der Waals surface area contributed by atoms with Crippen LogP contribution in [0.2, 0.25) is 0 Å². The van der Waals surface area contributed by atoms with Gasteiger partial charge in [0.05, 0.1) is 0 Å². The van der Waals surface area contributed by atoms with Gasteiger partial charge in [0.1, 0.15) is 0 Å². The summed E-state index contributed by atoms with van der Waals surface area (Å²) in [4.78, 5) is 2.86. The molecule has 90 valence electrons. The monoisotopic (exact) mass is 237 g/mol. The molecule has 1 N–H and O–H groups in total. The lowest BCUT2D eigenvalue weighted by atomic mass is 10.1. The number of nitrogens with one attached hydrogen (secondary N) is 1. The van der Waals surface area contributed by atoms with Crippen LogP contribution in [0, 0.1) is 0 Å². The molecule has 0 amide bonds. The van der Waals surface area contributed by atoms with E-state index in [-0.39, 0.29) is 0 Å². The largest absolute Gasteiger partial charge is 0.311 e. The van der Waals surface area contributed by atoms with Gasteiger partial charge in [0.25, 0.3) is 0 Å². The summed E-state index contributed by atoms with van der Waals surface area (Å²) >= 11 is 1.91. The van der Waals surface area contributed by atoms with E-state index >= 15 is 0 Å². The zero-order valence-corrected chi connectivity index (χ0v) is 11.7. The Morgan fingerprint density at radius 2 is 2.12 bits per heavy atom. The second kappa shape index (κ2) is 6.87. The van der Waals surface area contributed by atoms with E-state index in [1.54, 1.807) is 0 Å². The van der Waals surface area contributed by atoms with Gasteiger partial charge < -0.3 is 5.32 Å². The Bertz CT molecular complexity index is 336. The van der Waals surface area contributed by atoms with Crippen molar-refractivity contribution in [3.8, 4) is 0 Å². The molecule has 0 saturated heterocycles. The fraction of sp³-hybridized carbons (Fsp3) is 0.571. The van der Waals surface area contributed by atoms with Crippen LogP contribution >= 0.6 is 11.3 Å². The zero-order valence-electron chi connectivity index (χ0n) is 10.8. The minimum absolute atomic E-state index is 0.560. The summed E-state index contributed by atoms with van der Waals surface area (Å²) in [6.45, 7) is 9.82. The highest BCUT2D eigenvalue weighted by Crippen LogP contribution is 2.20. The van der Waals surface area contributed by atoms with Crippen LogP contribution in [0.1, 0.15) is 43.9 Å². The van der Waals surface area contributed by atoms with E-state index in [1.807, 2.05) is 11.3 Å². The van der Waals surface area contributed by atoms with Crippen molar-refractivity contribution in [3.05, 3.63) is 27.5 Å². The van der Waals surface area contributed by atoms with Gasteiger partial charge in [-0.2, -0.15) is 0 Å². The maximum atomic E-state index is 3.47. The first kappa shape index (κ1) is 13.5. The highest BCUT2D eigenvalue weighted by molar-refractivity contribution is 7.12. The van der Waals surface area contributed by atoms with Crippen molar-refractivity contribution in [1.29, 1.82) is 0 Å². The van der Waals surface area contributed by atoms with Crippen LogP contribution in [0.15, 0.2) is 17.7 Å². The fourth-order valence-corrected chi connectivity index (χ4v) is 2.42. The molecular formula is C14H23NS. The summed E-state index contributed by atoms with van der Waals surface area (Å²) in [7, 11) is 0. The molecule has 1 aromatic rings. The molecule has 0 saturated carbocycles. The summed E-state index contributed by atoms with van der Waals surface area (Å²) in [5.41, 5.74) is 1.48. The van der Waals surface area contributed by atoms with E-state index in [0.717, 1.165) is 19.4 Å². The molecule has 2 heteroatoms. The summed E-state index contributed by atoms with van der Waals surface area (Å²) in [6, 6.07) is 5.03. The third-order valence-electron chi connectivity index (χ3n) is 2.57. The van der Waals surface area contributed by atoms with Gasteiger partial charge in [-0.3, -0.25) is 0 Å². The molecule has 0 spiro atoms. The van der Waals surface area contributed by atoms with Gasteiger partial charge in [-0.15, -0.1) is 11.3 Å². The van der Waals surface area contributed by atoms with E-state index < -0.39 is 0 Å². The predicted octanol–water partition coefficient (Wildman–Crippen LogP) is 4.10. The maximum absolute atomic E-state index is 3.47. The van der Waals surface area contributed by atoms with Gasteiger partial charge in [0.15, 0.2) is 0 Å². The van der Waals surface area contributed by atoms with Crippen molar-refractivity contribution in [2.45, 2.75) is 46.6 Å². The van der Waals surface area contributed by atoms with Crippen molar-refractivity contribution < 1.29 is 0 Å². The van der Waals surface area contributed by atoms with Gasteiger partial charge in [0, 0.05) is 22.3 Å². The second-order valence-electron chi connectivity index (χ2n) is 4.35. The van der Waals surface area contributed by atoms with E-state index in [2.05, 4.69) is 51.2 Å². The number of hydrogen-bond donors (Lipinski definition) is 1. The van der Waals surface area contributed by atoms with E-state index in [0.29, 0.717) is 6.04 Å². The quantitative estimate of drug-likeness (QED) is 0.785. The molecule has 0 fully saturated rings. The Hall–Kier alpha value is -0.600. The number of rotatable bonds is 6. The third kappa shape index (κ3) is 4.50. The van der Waals surface area contributed by atoms with Crippen LogP contribution in [0.3, 0.4) is 0 Å². The first-order chi connectivity index (χ1) is 7.65.